The van der Waals surface area contributed by atoms with Crippen molar-refractivity contribution >= 4 is 17.7 Å². The number of hydrogen-bond donors (Lipinski definition) is 2. The number of nitrogens with zero attached hydrogens (tertiary/aromatic N) is 1. The van der Waals surface area contributed by atoms with Crippen LogP contribution in [0.2, 0.25) is 0 Å². The average Bonchev–Trinajstić information content (AvgIpc) is 2.76. The van der Waals surface area contributed by atoms with Crippen molar-refractivity contribution in [3.05, 3.63) is 35.4 Å². The number of nitrogens with one attached hydrogen (secondary N) is 2. The number of benzene rings is 1. The van der Waals surface area contributed by atoms with E-state index in [1.54, 1.807) is 24.3 Å². The molecule has 0 atom stereocenters. The summed E-state index contributed by atoms with van der Waals surface area (Å²) in [6.07, 6.45) is 0.953. The monoisotopic (exact) mass is 331 g/mol. The van der Waals surface area contributed by atoms with Crippen LogP contribution in [0.25, 0.3) is 0 Å². The van der Waals surface area contributed by atoms with E-state index < -0.39 is 0 Å². The largest absolute Gasteiger partial charge is 0.356 e. The van der Waals surface area contributed by atoms with E-state index in [9.17, 15) is 14.4 Å². The first-order valence-corrected chi connectivity index (χ1v) is 8.26. The van der Waals surface area contributed by atoms with Crippen molar-refractivity contribution in [2.75, 3.05) is 19.6 Å². The van der Waals surface area contributed by atoms with E-state index in [2.05, 4.69) is 31.4 Å². The summed E-state index contributed by atoms with van der Waals surface area (Å²) in [6.45, 7) is 7.78. The first kappa shape index (κ1) is 18.1. The molecule has 0 fully saturated rings. The average molecular weight is 331 g/mol. The van der Waals surface area contributed by atoms with E-state index in [4.69, 9.17) is 0 Å². The minimum Gasteiger partial charge on any atom is -0.356 e. The molecule has 1 aromatic carbocycles. The topological polar surface area (TPSA) is 78.5 Å². The second-order valence-corrected chi connectivity index (χ2v) is 6.94. The second-order valence-electron chi connectivity index (χ2n) is 6.94. The lowest BCUT2D eigenvalue weighted by Crippen LogP contribution is -2.38. The van der Waals surface area contributed by atoms with E-state index in [1.807, 2.05) is 0 Å². The molecule has 0 bridgehead atoms. The molecule has 0 saturated carbocycles. The smallest absolute Gasteiger partial charge is 0.261 e. The molecule has 0 unspecified atom stereocenters. The van der Waals surface area contributed by atoms with Crippen molar-refractivity contribution in [3.8, 4) is 0 Å². The molecule has 3 amide bonds. The van der Waals surface area contributed by atoms with Crippen LogP contribution >= 0.6 is 0 Å². The molecular weight excluding hydrogens is 306 g/mol. The van der Waals surface area contributed by atoms with Crippen LogP contribution < -0.4 is 10.6 Å². The van der Waals surface area contributed by atoms with Crippen molar-refractivity contribution in [1.82, 2.24) is 15.5 Å². The summed E-state index contributed by atoms with van der Waals surface area (Å²) in [6, 6.07) is 6.73. The van der Waals surface area contributed by atoms with E-state index in [0.717, 1.165) is 17.9 Å². The maximum atomic E-state index is 12.2. The van der Waals surface area contributed by atoms with Gasteiger partial charge in [-0.05, 0) is 45.9 Å². The maximum Gasteiger partial charge on any atom is 0.261 e. The third kappa shape index (κ3) is 4.64. The highest BCUT2D eigenvalue weighted by atomic mass is 16.2. The lowest BCUT2D eigenvalue weighted by molar-refractivity contribution is -0.121. The molecule has 130 valence electrons. The molecule has 0 spiro atoms. The lowest BCUT2D eigenvalue weighted by atomic mass is 10.1. The van der Waals surface area contributed by atoms with Gasteiger partial charge in [0.2, 0.25) is 5.91 Å². The number of fused-ring (bicyclic) bond motifs is 1. The third-order valence-electron chi connectivity index (χ3n) is 3.77. The molecule has 1 heterocycles. The van der Waals surface area contributed by atoms with Gasteiger partial charge in [-0.1, -0.05) is 12.1 Å². The lowest BCUT2D eigenvalue weighted by Gasteiger charge is -2.20. The van der Waals surface area contributed by atoms with Crippen LogP contribution in [0.1, 0.15) is 54.3 Å². The van der Waals surface area contributed by atoms with Crippen molar-refractivity contribution < 1.29 is 14.4 Å². The number of carbonyl (C=O) groups excluding carboxylic acids is 3. The fourth-order valence-corrected chi connectivity index (χ4v) is 2.52. The molecule has 0 saturated heterocycles. The Kier molecular flexibility index (Phi) is 5.72. The zero-order valence-electron chi connectivity index (χ0n) is 14.5. The van der Waals surface area contributed by atoms with Gasteiger partial charge in [0, 0.05) is 25.0 Å². The van der Waals surface area contributed by atoms with Gasteiger partial charge in [-0.25, -0.2) is 0 Å². The van der Waals surface area contributed by atoms with Gasteiger partial charge in [-0.15, -0.1) is 0 Å². The predicted molar refractivity (Wildman–Crippen MR) is 91.8 cm³/mol. The molecule has 2 N–H and O–H groups in total. The van der Waals surface area contributed by atoms with Gasteiger partial charge in [0.05, 0.1) is 11.1 Å². The van der Waals surface area contributed by atoms with Gasteiger partial charge in [-0.3, -0.25) is 19.3 Å². The van der Waals surface area contributed by atoms with E-state index in [-0.39, 0.29) is 36.2 Å². The van der Waals surface area contributed by atoms with Crippen LogP contribution in [0.3, 0.4) is 0 Å². The minimum atomic E-state index is -0.322. The second kappa shape index (κ2) is 7.57. The van der Waals surface area contributed by atoms with Crippen LogP contribution in [-0.4, -0.2) is 47.8 Å². The Labute approximate surface area is 142 Å². The first-order valence-electron chi connectivity index (χ1n) is 8.26. The quantitative estimate of drug-likeness (QED) is 0.587. The van der Waals surface area contributed by atoms with Gasteiger partial charge in [0.1, 0.15) is 0 Å². The standard InChI is InChI=1S/C18H25N3O3/c1-18(2,3)20-11-6-10-19-15(22)9-12-21-16(23)13-7-4-5-8-14(13)17(21)24/h4-5,7-8,20H,6,9-12H2,1-3H3,(H,19,22). The number of carbonyl (C=O) groups is 3. The molecule has 0 aromatic heterocycles. The summed E-state index contributed by atoms with van der Waals surface area (Å²) in [4.78, 5) is 37.4. The van der Waals surface area contributed by atoms with Crippen molar-refractivity contribution in [2.45, 2.75) is 39.2 Å². The molecule has 2 rings (SSSR count). The zero-order chi connectivity index (χ0) is 17.7. The third-order valence-corrected chi connectivity index (χ3v) is 3.77. The Morgan fingerprint density at radius 1 is 1.04 bits per heavy atom. The van der Waals surface area contributed by atoms with Gasteiger partial charge in [0.25, 0.3) is 11.8 Å². The molecule has 0 aliphatic carbocycles. The molecule has 6 heteroatoms. The Bertz CT molecular complexity index is 600. The molecule has 1 aliphatic rings. The number of hydrogen-bond acceptors (Lipinski definition) is 4. The molecule has 1 aliphatic heterocycles. The van der Waals surface area contributed by atoms with Crippen LogP contribution in [0.4, 0.5) is 0 Å². The fraction of sp³-hybridized carbons (Fsp3) is 0.500. The summed E-state index contributed by atoms with van der Waals surface area (Å²) in [7, 11) is 0. The molecule has 0 radical (unpaired) electrons. The number of amides is 3. The summed E-state index contributed by atoms with van der Waals surface area (Å²) < 4.78 is 0. The Hall–Kier alpha value is -2.21. The summed E-state index contributed by atoms with van der Waals surface area (Å²) in [5.41, 5.74) is 0.891. The molecular formula is C18H25N3O3. The fourth-order valence-electron chi connectivity index (χ4n) is 2.52. The number of imide groups is 1. The first-order chi connectivity index (χ1) is 11.3. The van der Waals surface area contributed by atoms with Crippen LogP contribution in [0.15, 0.2) is 24.3 Å². The van der Waals surface area contributed by atoms with Crippen LogP contribution in [0.5, 0.6) is 0 Å². The summed E-state index contributed by atoms with van der Waals surface area (Å²) in [5, 5.41) is 6.16. The Morgan fingerprint density at radius 3 is 2.17 bits per heavy atom. The minimum absolute atomic E-state index is 0.0650. The van der Waals surface area contributed by atoms with Crippen molar-refractivity contribution in [2.24, 2.45) is 0 Å². The highest BCUT2D eigenvalue weighted by Gasteiger charge is 2.34. The van der Waals surface area contributed by atoms with Gasteiger partial charge < -0.3 is 10.6 Å². The van der Waals surface area contributed by atoms with E-state index in [1.165, 1.54) is 0 Å². The zero-order valence-corrected chi connectivity index (χ0v) is 14.5. The van der Waals surface area contributed by atoms with Gasteiger partial charge >= 0.3 is 0 Å². The number of rotatable bonds is 7. The van der Waals surface area contributed by atoms with Crippen LogP contribution in [0, 0.1) is 0 Å². The molecule has 1 aromatic rings. The van der Waals surface area contributed by atoms with E-state index in [0.29, 0.717) is 17.7 Å². The Balaban J connectivity index is 1.71. The SMILES string of the molecule is CC(C)(C)NCCCNC(=O)CCN1C(=O)c2ccccc2C1=O. The highest BCUT2D eigenvalue weighted by molar-refractivity contribution is 6.21. The van der Waals surface area contributed by atoms with Gasteiger partial charge in [0.15, 0.2) is 0 Å². The maximum absolute atomic E-state index is 12.2. The summed E-state index contributed by atoms with van der Waals surface area (Å²) >= 11 is 0. The van der Waals surface area contributed by atoms with E-state index >= 15 is 0 Å². The van der Waals surface area contributed by atoms with Crippen LogP contribution in [-0.2, 0) is 4.79 Å². The molecule has 6 nitrogen and oxygen atoms in total. The normalized spacial score (nSPS) is 14.0. The highest BCUT2D eigenvalue weighted by Crippen LogP contribution is 2.22. The molecule has 24 heavy (non-hydrogen) atoms. The Morgan fingerprint density at radius 2 is 1.62 bits per heavy atom. The van der Waals surface area contributed by atoms with Crippen molar-refractivity contribution in [3.63, 3.8) is 0 Å². The summed E-state index contributed by atoms with van der Waals surface area (Å²) in [5.74, 6) is -0.794. The predicted octanol–water partition coefficient (Wildman–Crippen LogP) is 1.57. The van der Waals surface area contributed by atoms with Gasteiger partial charge in [-0.2, -0.15) is 0 Å². The van der Waals surface area contributed by atoms with Crippen molar-refractivity contribution in [1.29, 1.82) is 0 Å².